The Hall–Kier alpha value is -5.66. The van der Waals surface area contributed by atoms with Gasteiger partial charge in [0.25, 0.3) is 0 Å². The molecule has 2 aromatic heterocycles. The summed E-state index contributed by atoms with van der Waals surface area (Å²) in [4.78, 5) is 72.0. The summed E-state index contributed by atoms with van der Waals surface area (Å²) in [6, 6.07) is 15.4. The first-order chi connectivity index (χ1) is 27.3. The first-order valence-electron chi connectivity index (χ1n) is 19.9. The van der Waals surface area contributed by atoms with Gasteiger partial charge in [0, 0.05) is 12.6 Å². The maximum absolute atomic E-state index is 14.0. The van der Waals surface area contributed by atoms with Gasteiger partial charge in [0.1, 0.15) is 23.7 Å². The van der Waals surface area contributed by atoms with Gasteiger partial charge in [-0.1, -0.05) is 48.5 Å². The number of hydrogen-bond donors (Lipinski definition) is 4. The molecule has 9 rings (SSSR count). The zero-order valence-electron chi connectivity index (χ0n) is 31.7. The number of alkyl carbamates (subject to hydrolysis) is 2. The summed E-state index contributed by atoms with van der Waals surface area (Å²) in [5, 5.41) is 5.58. The van der Waals surface area contributed by atoms with Crippen molar-refractivity contribution in [3.05, 3.63) is 72.6 Å². The van der Waals surface area contributed by atoms with Crippen molar-refractivity contribution in [2.24, 2.45) is 17.8 Å². The van der Waals surface area contributed by atoms with Crippen LogP contribution >= 0.6 is 0 Å². The molecular formula is C42H48N8O6. The van der Waals surface area contributed by atoms with Gasteiger partial charge in [-0.2, -0.15) is 0 Å². The smallest absolute Gasteiger partial charge is 0.407 e. The summed E-state index contributed by atoms with van der Waals surface area (Å²) in [6.07, 6.45) is 10.9. The van der Waals surface area contributed by atoms with Crippen molar-refractivity contribution < 1.29 is 28.7 Å². The molecular weight excluding hydrogens is 713 g/mol. The average Bonchev–Trinajstić information content (AvgIpc) is 3.86. The molecule has 0 spiro atoms. The van der Waals surface area contributed by atoms with E-state index < -0.39 is 24.3 Å². The summed E-state index contributed by atoms with van der Waals surface area (Å²) >= 11 is 0. The van der Waals surface area contributed by atoms with E-state index in [4.69, 9.17) is 19.4 Å². The quantitative estimate of drug-likeness (QED) is 0.142. The fourth-order valence-corrected chi connectivity index (χ4v) is 9.28. The molecule has 2 bridgehead atoms. The molecule has 2 saturated heterocycles. The highest BCUT2D eigenvalue weighted by molar-refractivity contribution is 5.88. The number of carbonyl (C=O) groups is 4. The highest BCUT2D eigenvalue weighted by Crippen LogP contribution is 2.51. The van der Waals surface area contributed by atoms with E-state index in [1.54, 1.807) is 0 Å². The summed E-state index contributed by atoms with van der Waals surface area (Å²) in [7, 11) is 2.64. The number of ether oxygens (including phenoxy) is 2. The van der Waals surface area contributed by atoms with E-state index in [1.807, 2.05) is 22.2 Å². The van der Waals surface area contributed by atoms with E-state index in [1.165, 1.54) is 14.2 Å². The van der Waals surface area contributed by atoms with Crippen LogP contribution < -0.4 is 10.6 Å². The summed E-state index contributed by atoms with van der Waals surface area (Å²) in [6.45, 7) is 0.625. The number of H-pyrrole nitrogens is 2. The lowest BCUT2D eigenvalue weighted by molar-refractivity contribution is -0.138. The zero-order chi connectivity index (χ0) is 38.5. The predicted molar refractivity (Wildman–Crippen MR) is 206 cm³/mol. The van der Waals surface area contributed by atoms with Gasteiger partial charge in [0.15, 0.2) is 0 Å². The topological polar surface area (TPSA) is 175 Å². The average molecular weight is 761 g/mol. The van der Waals surface area contributed by atoms with Crippen LogP contribution in [0, 0.1) is 17.8 Å². The van der Waals surface area contributed by atoms with Gasteiger partial charge >= 0.3 is 12.2 Å². The highest BCUT2D eigenvalue weighted by Gasteiger charge is 2.53. The molecule has 4 amide bonds. The number of carbonyl (C=O) groups excluding carboxylic acids is 4. The maximum atomic E-state index is 14.0. The number of methoxy groups -OCH3 is 2. The molecule has 4 N–H and O–H groups in total. The molecule has 5 fully saturated rings. The fourth-order valence-electron chi connectivity index (χ4n) is 9.28. The Morgan fingerprint density at radius 2 is 1.20 bits per heavy atom. The SMILES string of the molecule is COC(=O)N[C@H](C(=O)N1[C@H]2CC[C@@H](C2)[C@@H]1c1ncc(-c2ccc(-c3ccc(-c4cnc([C@@H]5CCCN5C(=O)[C@H](NC(=O)OC)C5CC5)[nH]4)cc3)cc2)[nH]1)C1CC1. The maximum Gasteiger partial charge on any atom is 0.407 e. The van der Waals surface area contributed by atoms with Gasteiger partial charge in [-0.05, 0) is 97.8 Å². The van der Waals surface area contributed by atoms with Gasteiger partial charge in [-0.3, -0.25) is 9.59 Å². The second-order valence-corrected chi connectivity index (χ2v) is 16.0. The Balaban J connectivity index is 0.862. The minimum absolute atomic E-state index is 0.0305. The minimum Gasteiger partial charge on any atom is -0.453 e. The number of imidazole rings is 2. The standard InChI is InChI=1S/C42H48N8O6/c1-55-41(53)47-34(27-13-14-27)39(51)49-19-3-4-33(49)37-43-21-31(45-37)25-9-5-23(6-10-25)24-7-11-26(12-8-24)32-22-44-38(46-32)36-29-17-18-30(20-29)50(36)40(52)35(28-15-16-28)48-42(54)56-2/h5-12,21-22,27-30,33-36H,3-4,13-20H2,1-2H3,(H,43,45)(H,44,46)(H,47,53)(H,48,54)/t29-,30-,33-,34+,35-,36+/m0/s1. The van der Waals surface area contributed by atoms with Crippen molar-refractivity contribution in [1.82, 2.24) is 40.4 Å². The van der Waals surface area contributed by atoms with E-state index in [9.17, 15) is 19.2 Å². The lowest BCUT2D eigenvalue weighted by Crippen LogP contribution is -2.52. The van der Waals surface area contributed by atoms with E-state index in [2.05, 4.69) is 69.1 Å². The molecule has 3 saturated carbocycles. The fraction of sp³-hybridized carbons (Fsp3) is 0.476. The van der Waals surface area contributed by atoms with Crippen LogP contribution in [-0.2, 0) is 19.1 Å². The number of piperidine rings is 1. The summed E-state index contributed by atoms with van der Waals surface area (Å²) in [5.41, 5.74) is 5.91. The number of likely N-dealkylation sites (tertiary alicyclic amines) is 2. The Labute approximate surface area is 325 Å². The Bertz CT molecular complexity index is 2100. The van der Waals surface area contributed by atoms with Gasteiger partial charge in [-0.25, -0.2) is 19.6 Å². The van der Waals surface area contributed by atoms with Crippen LogP contribution in [0.4, 0.5) is 9.59 Å². The number of fused-ring (bicyclic) bond motifs is 2. The van der Waals surface area contributed by atoms with Crippen molar-refractivity contribution in [3.63, 3.8) is 0 Å². The van der Waals surface area contributed by atoms with Crippen LogP contribution in [0.2, 0.25) is 0 Å². The van der Waals surface area contributed by atoms with Crippen LogP contribution in [0.5, 0.6) is 0 Å². The molecule has 2 aromatic carbocycles. The van der Waals surface area contributed by atoms with Gasteiger partial charge in [-0.15, -0.1) is 0 Å². The second-order valence-electron chi connectivity index (χ2n) is 16.0. The van der Waals surface area contributed by atoms with E-state index in [0.29, 0.717) is 12.5 Å². The Morgan fingerprint density at radius 1 is 0.679 bits per heavy atom. The van der Waals surface area contributed by atoms with Gasteiger partial charge in [0.05, 0.1) is 50.1 Å². The number of amides is 4. The van der Waals surface area contributed by atoms with Gasteiger partial charge in [0.2, 0.25) is 11.8 Å². The highest BCUT2D eigenvalue weighted by atomic mass is 16.5. The van der Waals surface area contributed by atoms with Crippen LogP contribution in [0.25, 0.3) is 33.6 Å². The molecule has 56 heavy (non-hydrogen) atoms. The molecule has 14 nitrogen and oxygen atoms in total. The third-order valence-electron chi connectivity index (χ3n) is 12.5. The van der Waals surface area contributed by atoms with E-state index in [-0.39, 0.29) is 41.8 Å². The van der Waals surface area contributed by atoms with Crippen LogP contribution in [0.3, 0.4) is 0 Å². The molecule has 4 aromatic rings. The van der Waals surface area contributed by atoms with Crippen molar-refractivity contribution in [1.29, 1.82) is 0 Å². The largest absolute Gasteiger partial charge is 0.453 e. The number of nitrogens with zero attached hydrogens (tertiary/aromatic N) is 4. The predicted octanol–water partition coefficient (Wildman–Crippen LogP) is 6.12. The normalized spacial score (nSPS) is 23.8. The zero-order valence-corrected chi connectivity index (χ0v) is 31.7. The Morgan fingerprint density at radius 3 is 1.75 bits per heavy atom. The van der Waals surface area contributed by atoms with Crippen LogP contribution in [-0.4, -0.2) is 92.6 Å². The third-order valence-corrected chi connectivity index (χ3v) is 12.5. The lowest BCUT2D eigenvalue weighted by atomic mass is 9.97. The first-order valence-corrected chi connectivity index (χ1v) is 19.9. The molecule has 3 aliphatic carbocycles. The molecule has 4 heterocycles. The van der Waals surface area contributed by atoms with E-state index >= 15 is 0 Å². The molecule has 2 aliphatic heterocycles. The number of aromatic amines is 2. The minimum atomic E-state index is -0.582. The number of benzene rings is 2. The number of aromatic nitrogens is 4. The molecule has 6 atom stereocenters. The number of nitrogens with one attached hydrogen (secondary N) is 4. The number of rotatable bonds is 11. The Kier molecular flexibility index (Phi) is 9.50. The molecule has 0 radical (unpaired) electrons. The van der Waals surface area contributed by atoms with Crippen molar-refractivity contribution >= 4 is 24.0 Å². The van der Waals surface area contributed by atoms with Crippen LogP contribution in [0.1, 0.15) is 81.5 Å². The van der Waals surface area contributed by atoms with Crippen molar-refractivity contribution in [2.75, 3.05) is 20.8 Å². The first kappa shape index (κ1) is 36.0. The van der Waals surface area contributed by atoms with Crippen LogP contribution in [0.15, 0.2) is 60.9 Å². The second kappa shape index (κ2) is 14.8. The van der Waals surface area contributed by atoms with Gasteiger partial charge < -0.3 is 39.9 Å². The molecule has 0 unspecified atom stereocenters. The van der Waals surface area contributed by atoms with Crippen molar-refractivity contribution in [2.45, 2.75) is 88.0 Å². The summed E-state index contributed by atoms with van der Waals surface area (Å²) in [5.74, 6) is 2.07. The molecule has 14 heteroatoms. The molecule has 292 valence electrons. The lowest BCUT2D eigenvalue weighted by Gasteiger charge is -2.36. The van der Waals surface area contributed by atoms with E-state index in [0.717, 1.165) is 103 Å². The summed E-state index contributed by atoms with van der Waals surface area (Å²) < 4.78 is 9.63. The number of hydrogen-bond acceptors (Lipinski definition) is 8. The monoisotopic (exact) mass is 760 g/mol. The third kappa shape index (κ3) is 6.90. The van der Waals surface area contributed by atoms with Crippen molar-refractivity contribution in [3.8, 4) is 33.6 Å². The molecule has 5 aliphatic rings.